The Labute approximate surface area is 105 Å². The van der Waals surface area contributed by atoms with Gasteiger partial charge < -0.3 is 10.8 Å². The third-order valence-corrected chi connectivity index (χ3v) is 4.12. The molecule has 0 saturated heterocycles. The minimum atomic E-state index is -0.920. The lowest BCUT2D eigenvalue weighted by molar-refractivity contribution is -0.0496. The van der Waals surface area contributed by atoms with Crippen molar-refractivity contribution in [2.24, 2.45) is 11.1 Å². The van der Waals surface area contributed by atoms with E-state index in [4.69, 9.17) is 5.73 Å². The number of thiazole rings is 1. The van der Waals surface area contributed by atoms with Gasteiger partial charge in [0.05, 0.1) is 11.3 Å². The Balaban J connectivity index is 2.27. The lowest BCUT2D eigenvalue weighted by atomic mass is 9.74. The molecule has 2 aromatic rings. The summed E-state index contributed by atoms with van der Waals surface area (Å²) in [5, 5.41) is 12.6. The predicted octanol–water partition coefficient (Wildman–Crippen LogP) is 1.67. The van der Waals surface area contributed by atoms with E-state index in [-0.39, 0.29) is 12.0 Å². The molecular weight excluding hydrogens is 234 g/mol. The zero-order valence-corrected chi connectivity index (χ0v) is 11.3. The smallest absolute Gasteiger partial charge is 0.193 e. The van der Waals surface area contributed by atoms with Crippen LogP contribution in [0.15, 0.2) is 17.8 Å². The molecule has 0 fully saturated rings. The summed E-state index contributed by atoms with van der Waals surface area (Å²) in [4.78, 5) is 5.44. The molecule has 0 amide bonds. The highest BCUT2D eigenvalue weighted by Gasteiger charge is 2.39. The van der Waals surface area contributed by atoms with Crippen LogP contribution in [-0.4, -0.2) is 26.6 Å². The third kappa shape index (κ3) is 2.22. The molecule has 4 nitrogen and oxygen atoms in total. The van der Waals surface area contributed by atoms with Crippen LogP contribution in [0.5, 0.6) is 0 Å². The molecular formula is C12H19N3OS. The number of nitrogens with zero attached hydrogens (tertiary/aromatic N) is 2. The van der Waals surface area contributed by atoms with Gasteiger partial charge in [0.1, 0.15) is 0 Å². The zero-order valence-electron chi connectivity index (χ0n) is 10.5. The van der Waals surface area contributed by atoms with Gasteiger partial charge in [-0.2, -0.15) is 0 Å². The fraction of sp³-hybridized carbons (Fsp3) is 0.583. The molecule has 0 saturated carbocycles. The highest BCUT2D eigenvalue weighted by atomic mass is 32.1. The Bertz CT molecular complexity index is 483. The van der Waals surface area contributed by atoms with Gasteiger partial charge in [-0.3, -0.25) is 4.40 Å². The fourth-order valence-electron chi connectivity index (χ4n) is 1.80. The van der Waals surface area contributed by atoms with Crippen molar-refractivity contribution in [2.45, 2.75) is 32.8 Å². The van der Waals surface area contributed by atoms with Crippen LogP contribution in [-0.2, 0) is 6.42 Å². The average Bonchev–Trinajstić information content (AvgIpc) is 2.75. The van der Waals surface area contributed by atoms with E-state index >= 15 is 0 Å². The number of fused-ring (bicyclic) bond motifs is 1. The molecule has 94 valence electrons. The normalized spacial score (nSPS) is 16.3. The second kappa shape index (κ2) is 4.08. The number of nitrogens with two attached hydrogens (primary N) is 1. The van der Waals surface area contributed by atoms with E-state index in [0.717, 1.165) is 10.7 Å². The summed E-state index contributed by atoms with van der Waals surface area (Å²) in [5.41, 5.74) is 5.43. The predicted molar refractivity (Wildman–Crippen MR) is 70.2 cm³/mol. The van der Waals surface area contributed by atoms with E-state index in [2.05, 4.69) is 4.98 Å². The van der Waals surface area contributed by atoms with Crippen LogP contribution in [0.25, 0.3) is 4.96 Å². The van der Waals surface area contributed by atoms with Gasteiger partial charge in [0, 0.05) is 30.7 Å². The van der Waals surface area contributed by atoms with Gasteiger partial charge in [0.2, 0.25) is 0 Å². The van der Waals surface area contributed by atoms with Crippen LogP contribution < -0.4 is 5.73 Å². The zero-order chi connectivity index (χ0) is 12.7. The minimum Gasteiger partial charge on any atom is -0.388 e. The maximum absolute atomic E-state index is 10.6. The first-order chi connectivity index (χ1) is 7.86. The SMILES string of the molecule is CC(C)(C)C(O)(CN)Cc1cn2ccsc2n1. The highest BCUT2D eigenvalue weighted by Crippen LogP contribution is 2.32. The van der Waals surface area contributed by atoms with Crippen LogP contribution in [0.2, 0.25) is 0 Å². The Morgan fingerprint density at radius 2 is 2.18 bits per heavy atom. The largest absolute Gasteiger partial charge is 0.388 e. The van der Waals surface area contributed by atoms with Crippen molar-refractivity contribution in [1.82, 2.24) is 9.38 Å². The number of hydrogen-bond acceptors (Lipinski definition) is 4. The second-order valence-corrected chi connectivity index (χ2v) is 6.36. The molecule has 1 unspecified atom stereocenters. The first kappa shape index (κ1) is 12.5. The molecule has 2 rings (SSSR count). The molecule has 0 bridgehead atoms. The fourth-order valence-corrected chi connectivity index (χ4v) is 2.52. The molecule has 0 spiro atoms. The van der Waals surface area contributed by atoms with Crippen molar-refractivity contribution < 1.29 is 5.11 Å². The molecule has 0 aliphatic heterocycles. The van der Waals surface area contributed by atoms with E-state index in [0.29, 0.717) is 6.42 Å². The molecule has 0 aliphatic rings. The van der Waals surface area contributed by atoms with Crippen molar-refractivity contribution in [3.63, 3.8) is 0 Å². The molecule has 17 heavy (non-hydrogen) atoms. The van der Waals surface area contributed by atoms with Gasteiger partial charge in [-0.1, -0.05) is 20.8 Å². The molecule has 3 N–H and O–H groups in total. The van der Waals surface area contributed by atoms with Crippen LogP contribution >= 0.6 is 11.3 Å². The standard InChI is InChI=1S/C12H19N3OS/c1-11(2,3)12(16,8-13)6-9-7-15-4-5-17-10(15)14-9/h4-5,7,16H,6,8,13H2,1-3H3. The van der Waals surface area contributed by atoms with E-state index in [9.17, 15) is 5.11 Å². The van der Waals surface area contributed by atoms with Crippen LogP contribution in [0.1, 0.15) is 26.5 Å². The maximum atomic E-state index is 10.6. The topological polar surface area (TPSA) is 63.5 Å². The van der Waals surface area contributed by atoms with Gasteiger partial charge >= 0.3 is 0 Å². The van der Waals surface area contributed by atoms with Crippen LogP contribution in [0.4, 0.5) is 0 Å². The molecule has 0 aliphatic carbocycles. The Hall–Kier alpha value is -0.910. The number of aromatic nitrogens is 2. The second-order valence-electron chi connectivity index (χ2n) is 5.49. The van der Waals surface area contributed by atoms with E-state index < -0.39 is 5.60 Å². The van der Waals surface area contributed by atoms with Crippen molar-refractivity contribution in [2.75, 3.05) is 6.54 Å². The molecule has 0 aromatic carbocycles. The van der Waals surface area contributed by atoms with E-state index in [1.807, 2.05) is 42.9 Å². The molecule has 5 heteroatoms. The van der Waals surface area contributed by atoms with Gasteiger partial charge in [-0.25, -0.2) is 4.98 Å². The molecule has 2 heterocycles. The molecule has 2 aromatic heterocycles. The number of imidazole rings is 1. The van der Waals surface area contributed by atoms with Crippen molar-refractivity contribution in [1.29, 1.82) is 0 Å². The van der Waals surface area contributed by atoms with Crippen molar-refractivity contribution in [3.05, 3.63) is 23.5 Å². The Morgan fingerprint density at radius 3 is 2.71 bits per heavy atom. The number of aliphatic hydroxyl groups is 1. The summed E-state index contributed by atoms with van der Waals surface area (Å²) in [6.07, 6.45) is 4.41. The number of rotatable bonds is 3. The summed E-state index contributed by atoms with van der Waals surface area (Å²) in [6.45, 7) is 6.23. The summed E-state index contributed by atoms with van der Waals surface area (Å²) >= 11 is 1.59. The van der Waals surface area contributed by atoms with Crippen molar-refractivity contribution in [3.8, 4) is 0 Å². The van der Waals surface area contributed by atoms with Gasteiger partial charge in [0.25, 0.3) is 0 Å². The first-order valence-corrected chi connectivity index (χ1v) is 6.57. The van der Waals surface area contributed by atoms with Gasteiger partial charge in [-0.15, -0.1) is 11.3 Å². The molecule has 0 radical (unpaired) electrons. The first-order valence-electron chi connectivity index (χ1n) is 5.69. The van der Waals surface area contributed by atoms with E-state index in [1.165, 1.54) is 0 Å². The van der Waals surface area contributed by atoms with Crippen LogP contribution in [0, 0.1) is 5.41 Å². The Kier molecular flexibility index (Phi) is 3.01. The highest BCUT2D eigenvalue weighted by molar-refractivity contribution is 7.15. The summed E-state index contributed by atoms with van der Waals surface area (Å²) in [6, 6.07) is 0. The quantitative estimate of drug-likeness (QED) is 0.874. The lowest BCUT2D eigenvalue weighted by Gasteiger charge is -2.39. The van der Waals surface area contributed by atoms with E-state index in [1.54, 1.807) is 11.3 Å². The lowest BCUT2D eigenvalue weighted by Crippen LogP contribution is -2.51. The van der Waals surface area contributed by atoms with Crippen LogP contribution in [0.3, 0.4) is 0 Å². The van der Waals surface area contributed by atoms with Crippen molar-refractivity contribution >= 4 is 16.3 Å². The summed E-state index contributed by atoms with van der Waals surface area (Å²) in [7, 11) is 0. The maximum Gasteiger partial charge on any atom is 0.193 e. The monoisotopic (exact) mass is 253 g/mol. The Morgan fingerprint density at radius 1 is 1.47 bits per heavy atom. The minimum absolute atomic E-state index is 0.238. The number of hydrogen-bond donors (Lipinski definition) is 2. The summed E-state index contributed by atoms with van der Waals surface area (Å²) < 4.78 is 1.97. The third-order valence-electron chi connectivity index (χ3n) is 3.35. The average molecular weight is 253 g/mol. The summed E-state index contributed by atoms with van der Waals surface area (Å²) in [5.74, 6) is 0. The molecule has 1 atom stereocenters. The van der Waals surface area contributed by atoms with Gasteiger partial charge in [-0.05, 0) is 5.41 Å². The van der Waals surface area contributed by atoms with Gasteiger partial charge in [0.15, 0.2) is 4.96 Å².